The Kier molecular flexibility index (Phi) is 6.17. The highest BCUT2D eigenvalue weighted by molar-refractivity contribution is 7.99. The molecule has 0 bridgehead atoms. The molecule has 2 aliphatic heterocycles. The Bertz CT molecular complexity index is 1020. The Hall–Kier alpha value is -1.58. The highest BCUT2D eigenvalue weighted by atomic mass is 35.5. The molecule has 0 spiro atoms. The van der Waals surface area contributed by atoms with Gasteiger partial charge < -0.3 is 10.1 Å². The average Bonchev–Trinajstić information content (AvgIpc) is 2.75. The van der Waals surface area contributed by atoms with Gasteiger partial charge in [0, 0.05) is 34.3 Å². The lowest BCUT2D eigenvalue weighted by atomic mass is 10.0. The first-order valence-electron chi connectivity index (χ1n) is 9.36. The van der Waals surface area contributed by atoms with Crippen molar-refractivity contribution < 1.29 is 17.9 Å². The maximum atomic E-state index is 12.9. The van der Waals surface area contributed by atoms with Gasteiger partial charge in [0.15, 0.2) is 0 Å². The predicted octanol–water partition coefficient (Wildman–Crippen LogP) is 3.33. The summed E-state index contributed by atoms with van der Waals surface area (Å²) in [5.74, 6) is 0.595. The van der Waals surface area contributed by atoms with Crippen LogP contribution in [0, 0.1) is 0 Å². The van der Waals surface area contributed by atoms with Crippen molar-refractivity contribution in [1.29, 1.82) is 0 Å². The van der Waals surface area contributed by atoms with Gasteiger partial charge in [0.2, 0.25) is 10.0 Å². The van der Waals surface area contributed by atoms with Crippen molar-refractivity contribution in [2.75, 3.05) is 32.1 Å². The minimum Gasteiger partial charge on any atom is -0.379 e. The number of nitrogens with one attached hydrogen (secondary N) is 1. The standard InChI is InChI=1S/C20H21ClN2O4S2/c21-15-4-5-19-17(13-15)18(6-11-28-19)22-20(24)14-2-1-3-16(12-14)29(25,26)23-7-9-27-10-8-23/h1-5,12-13,18H,6-11H2,(H,22,24)/t18-/m0/s1. The van der Waals surface area contributed by atoms with E-state index in [0.717, 1.165) is 22.6 Å². The number of amides is 1. The van der Waals surface area contributed by atoms with Crippen LogP contribution in [-0.4, -0.2) is 50.7 Å². The summed E-state index contributed by atoms with van der Waals surface area (Å²) in [6.45, 7) is 1.38. The lowest BCUT2D eigenvalue weighted by Gasteiger charge is -2.27. The SMILES string of the molecule is O=C(N[C@H]1CCSc2ccc(Cl)cc21)c1cccc(S(=O)(=O)N2CCOCC2)c1. The van der Waals surface area contributed by atoms with E-state index in [4.69, 9.17) is 16.3 Å². The molecule has 9 heteroatoms. The zero-order valence-electron chi connectivity index (χ0n) is 15.6. The van der Waals surface area contributed by atoms with Crippen molar-refractivity contribution in [3.05, 3.63) is 58.6 Å². The minimum absolute atomic E-state index is 0.120. The minimum atomic E-state index is -3.65. The van der Waals surface area contributed by atoms with Crippen LogP contribution in [0.15, 0.2) is 52.3 Å². The number of ether oxygens (including phenoxy) is 1. The van der Waals surface area contributed by atoms with Crippen LogP contribution in [0.4, 0.5) is 0 Å². The van der Waals surface area contributed by atoms with Crippen LogP contribution < -0.4 is 5.32 Å². The molecule has 0 unspecified atom stereocenters. The van der Waals surface area contributed by atoms with Gasteiger partial charge >= 0.3 is 0 Å². The van der Waals surface area contributed by atoms with Crippen LogP contribution in [0.25, 0.3) is 0 Å². The highest BCUT2D eigenvalue weighted by Gasteiger charge is 2.28. The van der Waals surface area contributed by atoms with Gasteiger partial charge in [-0.1, -0.05) is 17.7 Å². The van der Waals surface area contributed by atoms with E-state index in [1.807, 2.05) is 18.2 Å². The van der Waals surface area contributed by atoms with Gasteiger partial charge in [0.05, 0.1) is 24.2 Å². The summed E-state index contributed by atoms with van der Waals surface area (Å²) in [5.41, 5.74) is 1.32. The molecule has 0 aliphatic carbocycles. The lowest BCUT2D eigenvalue weighted by molar-refractivity contribution is 0.0730. The van der Waals surface area contributed by atoms with Gasteiger partial charge in [0.1, 0.15) is 0 Å². The average molecular weight is 453 g/mol. The first-order chi connectivity index (χ1) is 13.9. The maximum Gasteiger partial charge on any atom is 0.251 e. The number of rotatable bonds is 4. The molecular weight excluding hydrogens is 432 g/mol. The van der Waals surface area contributed by atoms with E-state index in [2.05, 4.69) is 5.32 Å². The fourth-order valence-electron chi connectivity index (χ4n) is 3.49. The Morgan fingerprint density at radius 2 is 1.97 bits per heavy atom. The van der Waals surface area contributed by atoms with Crippen molar-refractivity contribution in [3.63, 3.8) is 0 Å². The number of hydrogen-bond acceptors (Lipinski definition) is 5. The molecular formula is C20H21ClN2O4S2. The molecule has 6 nitrogen and oxygen atoms in total. The summed E-state index contributed by atoms with van der Waals surface area (Å²) in [7, 11) is -3.65. The van der Waals surface area contributed by atoms with E-state index >= 15 is 0 Å². The molecule has 1 atom stereocenters. The maximum absolute atomic E-state index is 12.9. The van der Waals surface area contributed by atoms with Crippen molar-refractivity contribution >= 4 is 39.3 Å². The van der Waals surface area contributed by atoms with Crippen LogP contribution in [0.1, 0.15) is 28.4 Å². The summed E-state index contributed by atoms with van der Waals surface area (Å²) in [6, 6.07) is 11.7. The third-order valence-corrected chi connectivity index (χ3v) is 8.27. The summed E-state index contributed by atoms with van der Waals surface area (Å²) in [6.07, 6.45) is 0.787. The molecule has 4 rings (SSSR count). The molecule has 29 heavy (non-hydrogen) atoms. The van der Waals surface area contributed by atoms with E-state index in [1.165, 1.54) is 16.4 Å². The predicted molar refractivity (Wildman–Crippen MR) is 113 cm³/mol. The van der Waals surface area contributed by atoms with Crippen LogP contribution in [0.2, 0.25) is 5.02 Å². The molecule has 2 aliphatic rings. The number of halogens is 1. The Balaban J connectivity index is 1.55. The number of nitrogens with zero attached hydrogens (tertiary/aromatic N) is 1. The smallest absolute Gasteiger partial charge is 0.251 e. The number of carbonyl (C=O) groups is 1. The number of carbonyl (C=O) groups excluding carboxylic acids is 1. The van der Waals surface area contributed by atoms with E-state index in [9.17, 15) is 13.2 Å². The monoisotopic (exact) mass is 452 g/mol. The van der Waals surface area contributed by atoms with Gasteiger partial charge in [-0.2, -0.15) is 4.31 Å². The zero-order valence-corrected chi connectivity index (χ0v) is 18.0. The molecule has 0 aromatic heterocycles. The Morgan fingerprint density at radius 3 is 2.76 bits per heavy atom. The molecule has 1 amide bonds. The largest absolute Gasteiger partial charge is 0.379 e. The fourth-order valence-corrected chi connectivity index (χ4v) is 6.23. The molecule has 2 aromatic carbocycles. The molecule has 2 heterocycles. The number of benzene rings is 2. The normalized spacial score (nSPS) is 20.1. The van der Waals surface area contributed by atoms with Crippen LogP contribution in [-0.2, 0) is 14.8 Å². The van der Waals surface area contributed by atoms with E-state index in [0.29, 0.717) is 36.9 Å². The lowest BCUT2D eigenvalue weighted by Crippen LogP contribution is -2.40. The number of thioether (sulfide) groups is 1. The molecule has 0 saturated carbocycles. The summed E-state index contributed by atoms with van der Waals surface area (Å²) in [5, 5.41) is 3.67. The first-order valence-corrected chi connectivity index (χ1v) is 12.2. The van der Waals surface area contributed by atoms with Gasteiger partial charge in [-0.05, 0) is 48.4 Å². The van der Waals surface area contributed by atoms with Crippen LogP contribution in [0.5, 0.6) is 0 Å². The molecule has 2 aromatic rings. The van der Waals surface area contributed by atoms with Crippen molar-refractivity contribution in [2.45, 2.75) is 22.3 Å². The molecule has 0 radical (unpaired) electrons. The van der Waals surface area contributed by atoms with Crippen molar-refractivity contribution in [3.8, 4) is 0 Å². The number of hydrogen-bond donors (Lipinski definition) is 1. The Labute approximate surface area is 179 Å². The van der Waals surface area contributed by atoms with Crippen LogP contribution >= 0.6 is 23.4 Å². The molecule has 1 N–H and O–H groups in total. The highest BCUT2D eigenvalue weighted by Crippen LogP contribution is 2.37. The summed E-state index contributed by atoms with van der Waals surface area (Å²) < 4.78 is 32.4. The van der Waals surface area contributed by atoms with Gasteiger partial charge in [-0.25, -0.2) is 8.42 Å². The van der Waals surface area contributed by atoms with Crippen molar-refractivity contribution in [2.24, 2.45) is 0 Å². The molecule has 154 valence electrons. The topological polar surface area (TPSA) is 75.7 Å². The van der Waals surface area contributed by atoms with E-state index in [-0.39, 0.29) is 16.8 Å². The molecule has 1 saturated heterocycles. The quantitative estimate of drug-likeness (QED) is 0.770. The number of sulfonamides is 1. The molecule has 1 fully saturated rings. The summed E-state index contributed by atoms with van der Waals surface area (Å²) >= 11 is 7.88. The second kappa shape index (κ2) is 8.65. The third kappa shape index (κ3) is 4.46. The number of fused-ring (bicyclic) bond motifs is 1. The zero-order chi connectivity index (χ0) is 20.4. The van der Waals surface area contributed by atoms with E-state index < -0.39 is 10.0 Å². The third-order valence-electron chi connectivity index (χ3n) is 5.02. The number of morpholine rings is 1. The Morgan fingerprint density at radius 1 is 1.17 bits per heavy atom. The summed E-state index contributed by atoms with van der Waals surface area (Å²) in [4.78, 5) is 14.1. The van der Waals surface area contributed by atoms with Crippen molar-refractivity contribution in [1.82, 2.24) is 9.62 Å². The van der Waals surface area contributed by atoms with E-state index in [1.54, 1.807) is 23.9 Å². The van der Waals surface area contributed by atoms with Gasteiger partial charge in [0.25, 0.3) is 5.91 Å². The van der Waals surface area contributed by atoms with Crippen LogP contribution in [0.3, 0.4) is 0 Å². The second-order valence-corrected chi connectivity index (χ2v) is 10.4. The fraction of sp³-hybridized carbons (Fsp3) is 0.350. The first kappa shape index (κ1) is 20.7. The second-order valence-electron chi connectivity index (χ2n) is 6.89. The van der Waals surface area contributed by atoms with Gasteiger partial charge in [-0.15, -0.1) is 11.8 Å². The van der Waals surface area contributed by atoms with Gasteiger partial charge in [-0.3, -0.25) is 4.79 Å².